The molecule has 1 N–H and O–H groups in total. The molecule has 0 saturated carbocycles. The molecule has 1 atom stereocenters. The number of rotatable bonds is 3. The number of thiophene rings is 1. The molecule has 0 spiro atoms. The Balaban J connectivity index is 1.80. The lowest BCUT2D eigenvalue weighted by atomic mass is 10.1. The standard InChI is InChI=1S/C15H20N4OS/c1-3-18-6-7-19(8-13(18)14-16-4-5-17-14)15(20)12-10-21-9-11(12)2/h4-5,9-10,13H,3,6-8H2,1-2H3,(H,16,17)/t13-/m1/s1. The lowest BCUT2D eigenvalue weighted by molar-refractivity contribution is 0.0479. The third-order valence-corrected chi connectivity index (χ3v) is 4.97. The van der Waals surface area contributed by atoms with Crippen LogP contribution in [0.25, 0.3) is 0 Å². The normalized spacial score (nSPS) is 19.9. The Labute approximate surface area is 128 Å². The van der Waals surface area contributed by atoms with Crippen molar-refractivity contribution in [3.05, 3.63) is 40.1 Å². The van der Waals surface area contributed by atoms with E-state index < -0.39 is 0 Å². The highest BCUT2D eigenvalue weighted by Gasteiger charge is 2.32. The van der Waals surface area contributed by atoms with Gasteiger partial charge in [0.25, 0.3) is 5.91 Å². The van der Waals surface area contributed by atoms with Gasteiger partial charge in [-0.1, -0.05) is 6.92 Å². The Morgan fingerprint density at radius 1 is 1.48 bits per heavy atom. The fourth-order valence-electron chi connectivity index (χ4n) is 2.85. The summed E-state index contributed by atoms with van der Waals surface area (Å²) < 4.78 is 0. The van der Waals surface area contributed by atoms with Crippen LogP contribution < -0.4 is 0 Å². The molecule has 3 rings (SSSR count). The zero-order valence-electron chi connectivity index (χ0n) is 12.4. The molecule has 1 saturated heterocycles. The number of carbonyl (C=O) groups is 1. The van der Waals surface area contributed by atoms with E-state index >= 15 is 0 Å². The smallest absolute Gasteiger partial charge is 0.255 e. The highest BCUT2D eigenvalue weighted by molar-refractivity contribution is 7.08. The van der Waals surface area contributed by atoms with Gasteiger partial charge in [-0.3, -0.25) is 9.69 Å². The average Bonchev–Trinajstić information content (AvgIpc) is 3.17. The predicted octanol–water partition coefficient (Wildman–Crippen LogP) is 2.30. The van der Waals surface area contributed by atoms with Crippen LogP contribution in [0.4, 0.5) is 0 Å². The van der Waals surface area contributed by atoms with E-state index in [4.69, 9.17) is 0 Å². The minimum Gasteiger partial charge on any atom is -0.347 e. The predicted molar refractivity (Wildman–Crippen MR) is 83.5 cm³/mol. The molecule has 1 aliphatic heterocycles. The monoisotopic (exact) mass is 304 g/mol. The fourth-order valence-corrected chi connectivity index (χ4v) is 3.67. The maximum atomic E-state index is 12.7. The molecule has 0 unspecified atom stereocenters. The summed E-state index contributed by atoms with van der Waals surface area (Å²) in [5, 5.41) is 3.98. The van der Waals surface area contributed by atoms with Crippen LogP contribution in [-0.4, -0.2) is 51.9 Å². The number of aryl methyl sites for hydroxylation is 1. The van der Waals surface area contributed by atoms with E-state index in [2.05, 4.69) is 21.8 Å². The molecule has 1 aliphatic rings. The van der Waals surface area contributed by atoms with E-state index in [1.165, 1.54) is 0 Å². The van der Waals surface area contributed by atoms with Crippen LogP contribution in [0.1, 0.15) is 34.7 Å². The van der Waals surface area contributed by atoms with Crippen molar-refractivity contribution < 1.29 is 4.79 Å². The zero-order valence-corrected chi connectivity index (χ0v) is 13.2. The Hall–Kier alpha value is -1.66. The molecule has 0 aromatic carbocycles. The number of aromatic nitrogens is 2. The number of nitrogens with one attached hydrogen (secondary N) is 1. The number of nitrogens with zero attached hydrogens (tertiary/aromatic N) is 3. The van der Waals surface area contributed by atoms with E-state index in [1.807, 2.05) is 28.8 Å². The van der Waals surface area contributed by atoms with Gasteiger partial charge in [0.05, 0.1) is 11.6 Å². The van der Waals surface area contributed by atoms with Gasteiger partial charge in [0.1, 0.15) is 5.82 Å². The highest BCUT2D eigenvalue weighted by atomic mass is 32.1. The van der Waals surface area contributed by atoms with E-state index in [0.29, 0.717) is 6.54 Å². The van der Waals surface area contributed by atoms with Crippen LogP contribution >= 0.6 is 11.3 Å². The second kappa shape index (κ2) is 5.99. The van der Waals surface area contributed by atoms with Gasteiger partial charge in [-0.05, 0) is 24.4 Å². The van der Waals surface area contributed by atoms with E-state index in [0.717, 1.165) is 36.6 Å². The molecule has 3 heterocycles. The van der Waals surface area contributed by atoms with Gasteiger partial charge >= 0.3 is 0 Å². The van der Waals surface area contributed by atoms with Crippen LogP contribution in [0.5, 0.6) is 0 Å². The van der Waals surface area contributed by atoms with Gasteiger partial charge in [0, 0.05) is 37.4 Å². The molecule has 112 valence electrons. The Morgan fingerprint density at radius 2 is 2.33 bits per heavy atom. The SMILES string of the molecule is CCN1CCN(C(=O)c2cscc2C)C[C@@H]1c1ncc[nH]1. The summed E-state index contributed by atoms with van der Waals surface area (Å²) in [6, 6.07) is 0.154. The van der Waals surface area contributed by atoms with Gasteiger partial charge < -0.3 is 9.88 Å². The third-order valence-electron chi connectivity index (χ3n) is 4.11. The fraction of sp³-hybridized carbons (Fsp3) is 0.467. The molecule has 0 bridgehead atoms. The van der Waals surface area contributed by atoms with E-state index in [1.54, 1.807) is 17.5 Å². The van der Waals surface area contributed by atoms with Crippen molar-refractivity contribution >= 4 is 17.2 Å². The number of H-pyrrole nitrogens is 1. The second-order valence-corrected chi connectivity index (χ2v) is 6.08. The molecular formula is C15H20N4OS. The molecule has 1 fully saturated rings. The largest absolute Gasteiger partial charge is 0.347 e. The van der Waals surface area contributed by atoms with Crippen LogP contribution in [0.3, 0.4) is 0 Å². The van der Waals surface area contributed by atoms with Crippen LogP contribution in [0.15, 0.2) is 23.2 Å². The Bertz CT molecular complexity index is 607. The number of likely N-dealkylation sites (N-methyl/N-ethyl adjacent to an activating group) is 1. The molecule has 5 nitrogen and oxygen atoms in total. The third kappa shape index (κ3) is 2.73. The topological polar surface area (TPSA) is 52.2 Å². The minimum absolute atomic E-state index is 0.140. The molecule has 21 heavy (non-hydrogen) atoms. The summed E-state index contributed by atoms with van der Waals surface area (Å²) in [5.41, 5.74) is 1.90. The highest BCUT2D eigenvalue weighted by Crippen LogP contribution is 2.25. The Morgan fingerprint density at radius 3 is 2.95 bits per heavy atom. The van der Waals surface area contributed by atoms with Crippen molar-refractivity contribution in [2.75, 3.05) is 26.2 Å². The number of hydrogen-bond donors (Lipinski definition) is 1. The molecule has 2 aromatic rings. The first-order chi connectivity index (χ1) is 10.2. The number of piperazine rings is 1. The summed E-state index contributed by atoms with van der Waals surface area (Å²) in [5.74, 6) is 1.08. The molecular weight excluding hydrogens is 284 g/mol. The van der Waals surface area contributed by atoms with Crippen molar-refractivity contribution in [2.24, 2.45) is 0 Å². The second-order valence-electron chi connectivity index (χ2n) is 5.34. The van der Waals surface area contributed by atoms with Crippen molar-refractivity contribution in [1.29, 1.82) is 0 Å². The minimum atomic E-state index is 0.140. The van der Waals surface area contributed by atoms with Crippen LogP contribution in [0.2, 0.25) is 0 Å². The first-order valence-electron chi connectivity index (χ1n) is 7.26. The summed E-state index contributed by atoms with van der Waals surface area (Å²) in [6.45, 7) is 7.46. The molecule has 0 radical (unpaired) electrons. The van der Waals surface area contributed by atoms with Crippen molar-refractivity contribution in [3.8, 4) is 0 Å². The molecule has 1 amide bonds. The van der Waals surface area contributed by atoms with Gasteiger partial charge in [-0.2, -0.15) is 11.3 Å². The van der Waals surface area contributed by atoms with Crippen LogP contribution in [0, 0.1) is 6.92 Å². The van der Waals surface area contributed by atoms with Crippen molar-refractivity contribution in [3.63, 3.8) is 0 Å². The summed E-state index contributed by atoms with van der Waals surface area (Å²) in [6.07, 6.45) is 3.61. The van der Waals surface area contributed by atoms with Gasteiger partial charge in [-0.15, -0.1) is 0 Å². The maximum Gasteiger partial charge on any atom is 0.255 e. The molecule has 0 aliphatic carbocycles. The first kappa shape index (κ1) is 14.3. The number of hydrogen-bond acceptors (Lipinski definition) is 4. The first-order valence-corrected chi connectivity index (χ1v) is 8.20. The van der Waals surface area contributed by atoms with E-state index in [9.17, 15) is 4.79 Å². The molecule has 2 aromatic heterocycles. The summed E-state index contributed by atoms with van der Waals surface area (Å²) in [4.78, 5) is 24.6. The van der Waals surface area contributed by atoms with Gasteiger partial charge in [0.15, 0.2) is 0 Å². The Kier molecular flexibility index (Phi) is 4.07. The van der Waals surface area contributed by atoms with Gasteiger partial charge in [0.2, 0.25) is 0 Å². The maximum absolute atomic E-state index is 12.7. The van der Waals surface area contributed by atoms with Crippen molar-refractivity contribution in [1.82, 2.24) is 19.8 Å². The molecule has 6 heteroatoms. The van der Waals surface area contributed by atoms with Gasteiger partial charge in [-0.25, -0.2) is 4.98 Å². The van der Waals surface area contributed by atoms with Crippen molar-refractivity contribution in [2.45, 2.75) is 19.9 Å². The average molecular weight is 304 g/mol. The number of imidazole rings is 1. The summed E-state index contributed by atoms with van der Waals surface area (Å²) >= 11 is 1.59. The zero-order chi connectivity index (χ0) is 14.8. The lowest BCUT2D eigenvalue weighted by Crippen LogP contribution is -2.50. The summed E-state index contributed by atoms with van der Waals surface area (Å²) in [7, 11) is 0. The number of aromatic amines is 1. The quantitative estimate of drug-likeness (QED) is 0.946. The number of carbonyl (C=O) groups excluding carboxylic acids is 1. The number of amides is 1. The van der Waals surface area contributed by atoms with Crippen LogP contribution in [-0.2, 0) is 0 Å². The van der Waals surface area contributed by atoms with E-state index in [-0.39, 0.29) is 11.9 Å². The lowest BCUT2D eigenvalue weighted by Gasteiger charge is -2.40.